The van der Waals surface area contributed by atoms with E-state index in [0.29, 0.717) is 76.8 Å². The van der Waals surface area contributed by atoms with E-state index < -0.39 is 24.1 Å². The van der Waals surface area contributed by atoms with Gasteiger partial charge in [0.15, 0.2) is 35.2 Å². The summed E-state index contributed by atoms with van der Waals surface area (Å²) < 4.78 is 60.8. The van der Waals surface area contributed by atoms with Crippen LogP contribution in [0.4, 0.5) is 0 Å². The van der Waals surface area contributed by atoms with Crippen LogP contribution in [0.25, 0.3) is 0 Å². The highest BCUT2D eigenvalue weighted by Gasteiger charge is 2.44. The van der Waals surface area contributed by atoms with Crippen LogP contribution in [0.3, 0.4) is 0 Å². The number of hydrogen-bond acceptors (Lipinski definition) is 10. The number of benzene rings is 10. The predicted octanol–water partition coefficient (Wildman–Crippen LogP) is 16.8. The van der Waals surface area contributed by atoms with E-state index in [2.05, 4.69) is 6.58 Å². The summed E-state index contributed by atoms with van der Waals surface area (Å²) in [4.78, 5) is 15.6. The van der Waals surface area contributed by atoms with Gasteiger partial charge in [-0.25, -0.2) is 4.79 Å². The average molecular weight is 1110 g/mol. The number of esters is 1. The number of ether oxygens (including phenoxy) is 9. The Morgan fingerprint density at radius 2 is 0.774 bits per heavy atom. The Kier molecular flexibility index (Phi) is 18.6. The standard InChI is InChI=1S/C74H64O10/c1-2-24-63-70-66(79-49-56-31-16-6-17-32-56)44-62(76-46-53-25-10-3-11-26-53)45-67(70)83-71(60-39-40-64(77-47-54-27-12-4-13-28-54)65(41-60)78-48-55-29-14-5-15-30-55)72(63)84-74(75)61-42-68(80-50-57-33-18-7-19-34-57)73(82-52-59-37-22-9-23-38-59)69(43-61)81-51-58-35-20-8-21-36-58/h2-23,25-45,63,71-72H,1,24,46-52H2/t63-,71+,72-/m0/s1. The van der Waals surface area contributed by atoms with Crippen molar-refractivity contribution in [1.29, 1.82) is 0 Å². The quantitative estimate of drug-likeness (QED) is 0.0385. The summed E-state index contributed by atoms with van der Waals surface area (Å²) in [5, 5.41) is 0. The monoisotopic (exact) mass is 1110 g/mol. The molecule has 0 aliphatic carbocycles. The molecular weight excluding hydrogens is 1050 g/mol. The van der Waals surface area contributed by atoms with Crippen molar-refractivity contribution in [2.75, 3.05) is 0 Å². The molecule has 1 heterocycles. The number of hydrogen-bond donors (Lipinski definition) is 0. The van der Waals surface area contributed by atoms with E-state index in [-0.39, 0.29) is 38.6 Å². The van der Waals surface area contributed by atoms with Crippen molar-refractivity contribution in [2.45, 2.75) is 70.8 Å². The van der Waals surface area contributed by atoms with E-state index >= 15 is 4.79 Å². The highest BCUT2D eigenvalue weighted by atomic mass is 16.6. The van der Waals surface area contributed by atoms with E-state index in [1.807, 2.05) is 249 Å². The Morgan fingerprint density at radius 1 is 0.393 bits per heavy atom. The van der Waals surface area contributed by atoms with Crippen LogP contribution >= 0.6 is 0 Å². The van der Waals surface area contributed by atoms with Crippen molar-refractivity contribution >= 4 is 5.97 Å². The molecule has 0 bridgehead atoms. The number of fused-ring (bicyclic) bond motifs is 1. The fourth-order valence-corrected chi connectivity index (χ4v) is 9.98. The van der Waals surface area contributed by atoms with Crippen LogP contribution in [0.5, 0.6) is 46.0 Å². The maximum absolute atomic E-state index is 15.6. The average Bonchev–Trinajstić information content (AvgIpc) is 2.15. The summed E-state index contributed by atoms with van der Waals surface area (Å²) >= 11 is 0. The lowest BCUT2D eigenvalue weighted by molar-refractivity contribution is -0.0325. The molecular formula is C74H64O10. The maximum atomic E-state index is 15.6. The SMILES string of the molecule is C=CC[C@H]1c2c(OCc3ccccc3)cc(OCc3ccccc3)cc2O[C@H](c2ccc(OCc3ccccc3)c(OCc3ccccc3)c2)[C@H]1OC(=O)c1cc(OCc2ccccc2)c(OCc2ccccc2)c(OCc2ccccc2)c1. The molecule has 3 atom stereocenters. The Morgan fingerprint density at radius 3 is 1.20 bits per heavy atom. The van der Waals surface area contributed by atoms with Crippen LogP contribution in [0.15, 0.2) is 267 Å². The van der Waals surface area contributed by atoms with Crippen molar-refractivity contribution in [3.63, 3.8) is 0 Å². The number of allylic oxidation sites excluding steroid dienone is 1. The third kappa shape index (κ3) is 14.6. The molecule has 11 rings (SSSR count). The van der Waals surface area contributed by atoms with E-state index in [1.54, 1.807) is 12.1 Å². The lowest BCUT2D eigenvalue weighted by atomic mass is 9.81. The molecule has 10 nitrogen and oxygen atoms in total. The summed E-state index contributed by atoms with van der Waals surface area (Å²) in [5.74, 6) is 2.23. The van der Waals surface area contributed by atoms with Gasteiger partial charge in [-0.2, -0.15) is 0 Å². The van der Waals surface area contributed by atoms with Gasteiger partial charge in [0.1, 0.15) is 63.5 Å². The minimum absolute atomic E-state index is 0.164. The summed E-state index contributed by atoms with van der Waals surface area (Å²) in [5.41, 5.74) is 8.21. The Bertz CT molecular complexity index is 3630. The molecule has 84 heavy (non-hydrogen) atoms. The second kappa shape index (κ2) is 28.0. The number of carbonyl (C=O) groups excluding carboxylic acids is 1. The van der Waals surface area contributed by atoms with Crippen molar-refractivity contribution < 1.29 is 47.4 Å². The van der Waals surface area contributed by atoms with Crippen molar-refractivity contribution in [1.82, 2.24) is 0 Å². The fraction of sp³-hybridized carbons (Fsp3) is 0.149. The molecule has 420 valence electrons. The van der Waals surface area contributed by atoms with Crippen LogP contribution in [0.2, 0.25) is 0 Å². The fourth-order valence-electron chi connectivity index (χ4n) is 9.98. The lowest BCUT2D eigenvalue weighted by Crippen LogP contribution is -2.38. The highest BCUT2D eigenvalue weighted by Crippen LogP contribution is 2.52. The van der Waals surface area contributed by atoms with E-state index in [9.17, 15) is 0 Å². The first-order chi connectivity index (χ1) is 41.5. The molecule has 10 heteroatoms. The largest absolute Gasteiger partial charge is 0.489 e. The zero-order valence-corrected chi connectivity index (χ0v) is 46.5. The van der Waals surface area contributed by atoms with Gasteiger partial charge in [-0.05, 0) is 69.6 Å². The van der Waals surface area contributed by atoms with E-state index in [0.717, 1.165) is 38.9 Å². The Balaban J connectivity index is 1.02. The molecule has 0 aromatic heterocycles. The van der Waals surface area contributed by atoms with Crippen LogP contribution in [-0.2, 0) is 51.0 Å². The number of rotatable bonds is 26. The van der Waals surface area contributed by atoms with Gasteiger partial charge < -0.3 is 42.6 Å². The van der Waals surface area contributed by atoms with Gasteiger partial charge in [-0.3, -0.25) is 0 Å². The molecule has 10 aromatic carbocycles. The molecule has 0 unspecified atom stereocenters. The first-order valence-electron chi connectivity index (χ1n) is 28.1. The molecule has 0 amide bonds. The van der Waals surface area contributed by atoms with Gasteiger partial charge in [0.25, 0.3) is 0 Å². The second-order valence-electron chi connectivity index (χ2n) is 20.3. The van der Waals surface area contributed by atoms with Crippen molar-refractivity contribution in [3.05, 3.63) is 323 Å². The summed E-state index contributed by atoms with van der Waals surface area (Å²) in [6, 6.07) is 82.2. The summed E-state index contributed by atoms with van der Waals surface area (Å²) in [7, 11) is 0. The third-order valence-corrected chi connectivity index (χ3v) is 14.3. The number of carbonyl (C=O) groups is 1. The zero-order valence-electron chi connectivity index (χ0n) is 46.5. The van der Waals surface area contributed by atoms with Gasteiger partial charge in [0.05, 0.1) is 5.56 Å². The van der Waals surface area contributed by atoms with Crippen LogP contribution < -0.4 is 37.9 Å². The van der Waals surface area contributed by atoms with Crippen LogP contribution in [-0.4, -0.2) is 12.1 Å². The molecule has 0 saturated carbocycles. The minimum Gasteiger partial charge on any atom is -0.489 e. The van der Waals surface area contributed by atoms with Crippen molar-refractivity contribution in [3.8, 4) is 46.0 Å². The minimum atomic E-state index is -1.01. The lowest BCUT2D eigenvalue weighted by Gasteiger charge is -2.40. The first kappa shape index (κ1) is 55.7. The third-order valence-electron chi connectivity index (χ3n) is 14.3. The van der Waals surface area contributed by atoms with Gasteiger partial charge >= 0.3 is 5.97 Å². The second-order valence-corrected chi connectivity index (χ2v) is 20.3. The molecule has 10 aromatic rings. The Hall–Kier alpha value is -10.2. The maximum Gasteiger partial charge on any atom is 0.338 e. The molecule has 0 fully saturated rings. The normalized spacial score (nSPS) is 14.2. The van der Waals surface area contributed by atoms with Gasteiger partial charge in [-0.15, -0.1) is 6.58 Å². The Labute approximate surface area is 491 Å². The van der Waals surface area contributed by atoms with E-state index in [4.69, 9.17) is 42.6 Å². The zero-order chi connectivity index (χ0) is 57.1. The van der Waals surface area contributed by atoms with E-state index in [1.165, 1.54) is 0 Å². The van der Waals surface area contributed by atoms with Gasteiger partial charge in [0.2, 0.25) is 5.75 Å². The summed E-state index contributed by atoms with van der Waals surface area (Å²) in [6.07, 6.45) is 0.246. The van der Waals surface area contributed by atoms with Crippen LogP contribution in [0, 0.1) is 0 Å². The first-order valence-corrected chi connectivity index (χ1v) is 28.1. The molecule has 0 N–H and O–H groups in total. The van der Waals surface area contributed by atoms with Gasteiger partial charge in [0, 0.05) is 29.2 Å². The highest BCUT2D eigenvalue weighted by molar-refractivity contribution is 5.91. The molecule has 1 aliphatic heterocycles. The molecule has 0 spiro atoms. The molecule has 0 saturated heterocycles. The predicted molar refractivity (Wildman–Crippen MR) is 325 cm³/mol. The van der Waals surface area contributed by atoms with Crippen molar-refractivity contribution in [2.24, 2.45) is 0 Å². The van der Waals surface area contributed by atoms with Crippen LogP contribution in [0.1, 0.15) is 78.9 Å². The molecule has 1 aliphatic rings. The van der Waals surface area contributed by atoms with Gasteiger partial charge in [-0.1, -0.05) is 224 Å². The summed E-state index contributed by atoms with van der Waals surface area (Å²) in [6.45, 7) is 5.93. The smallest absolute Gasteiger partial charge is 0.338 e. The molecule has 0 radical (unpaired) electrons. The topological polar surface area (TPSA) is 100 Å².